The molecule has 0 saturated carbocycles. The van der Waals surface area contributed by atoms with Crippen molar-refractivity contribution in [1.82, 2.24) is 15.0 Å². The molecule has 2 saturated heterocycles. The average molecular weight is 312 g/mol. The smallest absolute Gasteiger partial charge is 0.187 e. The summed E-state index contributed by atoms with van der Waals surface area (Å²) in [6.07, 6.45) is 3.50. The number of rotatable bonds is 3. The third-order valence-electron chi connectivity index (χ3n) is 4.35. The van der Waals surface area contributed by atoms with Crippen molar-refractivity contribution in [2.24, 2.45) is 0 Å². The average Bonchev–Trinajstić information content (AvgIpc) is 3.25. The van der Waals surface area contributed by atoms with Gasteiger partial charge < -0.3 is 14.4 Å². The highest BCUT2D eigenvalue weighted by atomic mass is 16.7. The van der Waals surface area contributed by atoms with E-state index in [9.17, 15) is 0 Å². The first-order chi connectivity index (χ1) is 11.3. The highest BCUT2D eigenvalue weighted by molar-refractivity contribution is 5.54. The Morgan fingerprint density at radius 2 is 2.09 bits per heavy atom. The molecule has 1 spiro atoms. The summed E-state index contributed by atoms with van der Waals surface area (Å²) in [4.78, 5) is 15.9. The summed E-state index contributed by atoms with van der Waals surface area (Å²) in [5, 5.41) is 0. The van der Waals surface area contributed by atoms with E-state index in [0.717, 1.165) is 43.1 Å². The van der Waals surface area contributed by atoms with E-state index in [-0.39, 0.29) is 0 Å². The molecule has 120 valence electrons. The second kappa shape index (κ2) is 5.86. The Labute approximate surface area is 135 Å². The molecule has 2 fully saturated rings. The van der Waals surface area contributed by atoms with Crippen molar-refractivity contribution in [2.45, 2.75) is 25.6 Å². The summed E-state index contributed by atoms with van der Waals surface area (Å²) in [6.45, 7) is 5.05. The van der Waals surface area contributed by atoms with Crippen LogP contribution in [0.2, 0.25) is 0 Å². The van der Waals surface area contributed by atoms with Gasteiger partial charge in [0.15, 0.2) is 11.6 Å². The minimum absolute atomic E-state index is 0.442. The minimum atomic E-state index is -0.442. The number of aryl methyl sites for hydroxylation is 1. The van der Waals surface area contributed by atoms with Crippen molar-refractivity contribution < 1.29 is 9.47 Å². The van der Waals surface area contributed by atoms with Gasteiger partial charge in [0.2, 0.25) is 0 Å². The largest absolute Gasteiger partial charge is 0.351 e. The van der Waals surface area contributed by atoms with E-state index >= 15 is 0 Å². The Bertz CT molecular complexity index is 686. The van der Waals surface area contributed by atoms with E-state index in [1.165, 1.54) is 0 Å². The molecule has 0 aliphatic carbocycles. The molecule has 0 bridgehead atoms. The number of ether oxygens (including phenoxy) is 2. The Morgan fingerprint density at radius 1 is 1.22 bits per heavy atom. The summed E-state index contributed by atoms with van der Waals surface area (Å²) in [7, 11) is 0. The van der Waals surface area contributed by atoms with Gasteiger partial charge in [0, 0.05) is 30.9 Å². The predicted octanol–water partition coefficient (Wildman–Crippen LogP) is 2.05. The summed E-state index contributed by atoms with van der Waals surface area (Å²) < 4.78 is 11.6. The highest BCUT2D eigenvalue weighted by Gasteiger charge is 2.43. The molecule has 2 aromatic rings. The fourth-order valence-electron chi connectivity index (χ4n) is 3.12. The van der Waals surface area contributed by atoms with Crippen molar-refractivity contribution >= 4 is 5.82 Å². The molecule has 0 unspecified atom stereocenters. The van der Waals surface area contributed by atoms with Crippen LogP contribution in [0.3, 0.4) is 0 Å². The van der Waals surface area contributed by atoms with Gasteiger partial charge >= 0.3 is 0 Å². The Hall–Kier alpha value is -2.05. The standard InChI is InChI=1S/C17H20N4O2/c1-2-13-11-15(20-16(19-13)14-5-3-4-7-18-14)21-8-6-17(12-21)22-9-10-23-17/h3-5,7,11H,2,6,8-10,12H2,1H3. The number of pyridine rings is 1. The maximum Gasteiger partial charge on any atom is 0.187 e. The third-order valence-corrected chi connectivity index (χ3v) is 4.35. The lowest BCUT2D eigenvalue weighted by atomic mass is 10.2. The molecular formula is C17H20N4O2. The first kappa shape index (κ1) is 14.5. The molecule has 23 heavy (non-hydrogen) atoms. The molecule has 0 atom stereocenters. The quantitative estimate of drug-likeness (QED) is 0.864. The maximum atomic E-state index is 5.80. The molecule has 0 N–H and O–H groups in total. The molecule has 6 nitrogen and oxygen atoms in total. The fourth-order valence-corrected chi connectivity index (χ4v) is 3.12. The van der Waals surface area contributed by atoms with Gasteiger partial charge in [0.05, 0.1) is 19.8 Å². The number of hydrogen-bond acceptors (Lipinski definition) is 6. The molecule has 0 aromatic carbocycles. The van der Waals surface area contributed by atoms with Gasteiger partial charge in [-0.25, -0.2) is 9.97 Å². The molecular weight excluding hydrogens is 292 g/mol. The van der Waals surface area contributed by atoms with E-state index in [1.807, 2.05) is 18.2 Å². The molecule has 0 amide bonds. The summed E-state index contributed by atoms with van der Waals surface area (Å²) in [6, 6.07) is 7.84. The van der Waals surface area contributed by atoms with Crippen LogP contribution in [-0.4, -0.2) is 47.0 Å². The SMILES string of the molecule is CCc1cc(N2CCC3(C2)OCCO3)nc(-c2ccccn2)n1. The van der Waals surface area contributed by atoms with Gasteiger partial charge in [-0.05, 0) is 18.6 Å². The zero-order valence-corrected chi connectivity index (χ0v) is 13.2. The molecule has 6 heteroatoms. The zero-order chi connectivity index (χ0) is 15.7. The van der Waals surface area contributed by atoms with Gasteiger partial charge in [-0.1, -0.05) is 13.0 Å². The van der Waals surface area contributed by atoms with Gasteiger partial charge in [-0.2, -0.15) is 0 Å². The molecule has 2 aliphatic rings. The van der Waals surface area contributed by atoms with Crippen LogP contribution in [0.25, 0.3) is 11.5 Å². The van der Waals surface area contributed by atoms with Crippen molar-refractivity contribution in [3.05, 3.63) is 36.2 Å². The molecule has 2 aromatic heterocycles. The number of aromatic nitrogens is 3. The fraction of sp³-hybridized carbons (Fsp3) is 0.471. The molecule has 4 rings (SSSR count). The van der Waals surface area contributed by atoms with E-state index in [0.29, 0.717) is 19.0 Å². The Kier molecular flexibility index (Phi) is 3.71. The minimum Gasteiger partial charge on any atom is -0.351 e. The third kappa shape index (κ3) is 2.80. The first-order valence-corrected chi connectivity index (χ1v) is 8.10. The van der Waals surface area contributed by atoms with E-state index < -0.39 is 5.79 Å². The number of nitrogens with zero attached hydrogens (tertiary/aromatic N) is 4. The van der Waals surface area contributed by atoms with E-state index in [1.54, 1.807) is 6.20 Å². The van der Waals surface area contributed by atoms with Crippen LogP contribution < -0.4 is 4.90 Å². The number of hydrogen-bond donors (Lipinski definition) is 0. The van der Waals surface area contributed by atoms with Crippen molar-refractivity contribution in [1.29, 1.82) is 0 Å². The van der Waals surface area contributed by atoms with E-state index in [4.69, 9.17) is 14.5 Å². The van der Waals surface area contributed by atoms with Gasteiger partial charge in [0.25, 0.3) is 0 Å². The Morgan fingerprint density at radius 3 is 2.83 bits per heavy atom. The van der Waals surface area contributed by atoms with Crippen LogP contribution in [0, 0.1) is 0 Å². The highest BCUT2D eigenvalue weighted by Crippen LogP contribution is 2.33. The molecule has 4 heterocycles. The van der Waals surface area contributed by atoms with Crippen LogP contribution in [-0.2, 0) is 15.9 Å². The maximum absolute atomic E-state index is 5.80. The van der Waals surface area contributed by atoms with Gasteiger partial charge in [-0.15, -0.1) is 0 Å². The van der Waals surface area contributed by atoms with E-state index in [2.05, 4.69) is 27.9 Å². The number of anilines is 1. The second-order valence-corrected chi connectivity index (χ2v) is 5.89. The van der Waals surface area contributed by atoms with Crippen LogP contribution >= 0.6 is 0 Å². The van der Waals surface area contributed by atoms with Gasteiger partial charge in [-0.3, -0.25) is 4.98 Å². The van der Waals surface area contributed by atoms with Crippen molar-refractivity contribution in [2.75, 3.05) is 31.2 Å². The Balaban J connectivity index is 1.66. The first-order valence-electron chi connectivity index (χ1n) is 8.10. The van der Waals surface area contributed by atoms with Gasteiger partial charge in [0.1, 0.15) is 11.5 Å². The second-order valence-electron chi connectivity index (χ2n) is 5.89. The summed E-state index contributed by atoms with van der Waals surface area (Å²) in [5.74, 6) is 1.16. The lowest BCUT2D eigenvalue weighted by Crippen LogP contribution is -2.34. The summed E-state index contributed by atoms with van der Waals surface area (Å²) >= 11 is 0. The lowest BCUT2D eigenvalue weighted by Gasteiger charge is -2.23. The predicted molar refractivity (Wildman–Crippen MR) is 86.1 cm³/mol. The zero-order valence-electron chi connectivity index (χ0n) is 13.2. The topological polar surface area (TPSA) is 60.4 Å². The van der Waals surface area contributed by atoms with Crippen molar-refractivity contribution in [3.8, 4) is 11.5 Å². The normalized spacial score (nSPS) is 19.6. The van der Waals surface area contributed by atoms with Crippen LogP contribution in [0.15, 0.2) is 30.5 Å². The molecule has 0 radical (unpaired) electrons. The monoisotopic (exact) mass is 312 g/mol. The lowest BCUT2D eigenvalue weighted by molar-refractivity contribution is -0.137. The van der Waals surface area contributed by atoms with Crippen LogP contribution in [0.5, 0.6) is 0 Å². The van der Waals surface area contributed by atoms with Crippen LogP contribution in [0.4, 0.5) is 5.82 Å². The molecule has 2 aliphatic heterocycles. The summed E-state index contributed by atoms with van der Waals surface area (Å²) in [5.41, 5.74) is 1.82. The van der Waals surface area contributed by atoms with Crippen LogP contribution in [0.1, 0.15) is 19.0 Å². The van der Waals surface area contributed by atoms with Crippen molar-refractivity contribution in [3.63, 3.8) is 0 Å².